The first-order chi connectivity index (χ1) is 11.7. The number of sulfonamides is 1. The largest absolute Gasteiger partial charge is 0.300 e. The molecular weight excluding hydrogens is 340 g/mol. The minimum absolute atomic E-state index is 0.0681. The van der Waals surface area contributed by atoms with Gasteiger partial charge in [-0.1, -0.05) is 38.1 Å². The Balaban J connectivity index is 2.04. The number of primary sulfonamides is 1. The van der Waals surface area contributed by atoms with Crippen LogP contribution in [-0.4, -0.2) is 20.1 Å². The molecule has 0 saturated heterocycles. The fourth-order valence-corrected chi connectivity index (χ4v) is 3.57. The molecule has 0 spiro atoms. The number of amides is 1. The summed E-state index contributed by atoms with van der Waals surface area (Å²) < 4.78 is 23.0. The lowest BCUT2D eigenvalue weighted by atomic mass is 9.97. The lowest BCUT2D eigenvalue weighted by Gasteiger charge is -2.20. The number of carbonyl (C=O) groups is 2. The average molecular weight is 358 g/mol. The lowest BCUT2D eigenvalue weighted by Crippen LogP contribution is -2.29. The van der Waals surface area contributed by atoms with E-state index in [1.54, 1.807) is 0 Å². The molecular formula is C18H18N2O4S. The molecule has 7 heteroatoms. The summed E-state index contributed by atoms with van der Waals surface area (Å²) in [6.45, 7) is 4.37. The van der Waals surface area contributed by atoms with Gasteiger partial charge >= 0.3 is 0 Å². The number of benzene rings is 2. The number of nitrogens with zero attached hydrogens (tertiary/aromatic N) is 1. The Labute approximate surface area is 146 Å². The first kappa shape index (κ1) is 17.3. The highest BCUT2D eigenvalue weighted by molar-refractivity contribution is 7.89. The fourth-order valence-electron chi connectivity index (χ4n) is 3.03. The van der Waals surface area contributed by atoms with Crippen molar-refractivity contribution in [1.82, 2.24) is 0 Å². The topological polar surface area (TPSA) is 97.5 Å². The van der Waals surface area contributed by atoms with Gasteiger partial charge in [0.1, 0.15) is 0 Å². The number of anilines is 1. The zero-order chi connectivity index (χ0) is 18.4. The quantitative estimate of drug-likeness (QED) is 0.847. The van der Waals surface area contributed by atoms with Crippen molar-refractivity contribution in [3.63, 3.8) is 0 Å². The monoisotopic (exact) mass is 358 g/mol. The van der Waals surface area contributed by atoms with Gasteiger partial charge in [0.25, 0.3) is 11.7 Å². The smallest absolute Gasteiger partial charge is 0.299 e. The molecule has 2 N–H and O–H groups in total. The standard InChI is InChI=1S/C18H18N2O4S/c1-11(2)14-6-4-3-5-12(14)10-20-16-8-7-13(25(19,23)24)9-15(16)17(21)18(20)22/h3-9,11H,10H2,1-2H3,(H2,19,23,24). The molecule has 1 aliphatic rings. The van der Waals surface area contributed by atoms with E-state index in [2.05, 4.69) is 13.8 Å². The molecule has 2 aromatic rings. The van der Waals surface area contributed by atoms with Gasteiger partial charge in [0, 0.05) is 0 Å². The van der Waals surface area contributed by atoms with Crippen LogP contribution in [0.1, 0.15) is 41.3 Å². The molecule has 130 valence electrons. The number of ketones is 1. The van der Waals surface area contributed by atoms with Gasteiger partial charge in [-0.2, -0.15) is 0 Å². The fraction of sp³-hybridized carbons (Fsp3) is 0.222. The van der Waals surface area contributed by atoms with E-state index in [4.69, 9.17) is 5.14 Å². The Kier molecular flexibility index (Phi) is 4.22. The van der Waals surface area contributed by atoms with Crippen LogP contribution in [0.3, 0.4) is 0 Å². The molecule has 3 rings (SSSR count). The van der Waals surface area contributed by atoms with Crippen LogP contribution in [0.25, 0.3) is 0 Å². The first-order valence-electron chi connectivity index (χ1n) is 7.81. The van der Waals surface area contributed by atoms with Crippen molar-refractivity contribution in [2.24, 2.45) is 5.14 Å². The molecule has 25 heavy (non-hydrogen) atoms. The van der Waals surface area contributed by atoms with Crippen LogP contribution in [0.4, 0.5) is 5.69 Å². The number of carbonyl (C=O) groups excluding carboxylic acids is 2. The number of hydrogen-bond acceptors (Lipinski definition) is 4. The van der Waals surface area contributed by atoms with E-state index in [9.17, 15) is 18.0 Å². The third-order valence-electron chi connectivity index (χ3n) is 4.28. The second-order valence-electron chi connectivity index (χ2n) is 6.30. The number of hydrogen-bond donors (Lipinski definition) is 1. The van der Waals surface area contributed by atoms with Gasteiger partial charge in [-0.3, -0.25) is 9.59 Å². The van der Waals surface area contributed by atoms with Crippen LogP contribution in [0.5, 0.6) is 0 Å². The molecule has 6 nitrogen and oxygen atoms in total. The van der Waals surface area contributed by atoms with Crippen molar-refractivity contribution in [2.75, 3.05) is 4.90 Å². The van der Waals surface area contributed by atoms with Crippen LogP contribution in [0.15, 0.2) is 47.4 Å². The van der Waals surface area contributed by atoms with Crippen molar-refractivity contribution in [2.45, 2.75) is 31.2 Å². The SMILES string of the molecule is CC(C)c1ccccc1CN1C(=O)C(=O)c2cc(S(N)(=O)=O)ccc21. The lowest BCUT2D eigenvalue weighted by molar-refractivity contribution is -0.114. The summed E-state index contributed by atoms with van der Waals surface area (Å²) in [5.74, 6) is -1.11. The Hall–Kier alpha value is -2.51. The molecule has 1 heterocycles. The van der Waals surface area contributed by atoms with Crippen molar-refractivity contribution >= 4 is 27.4 Å². The molecule has 0 aliphatic carbocycles. The molecule has 0 bridgehead atoms. The van der Waals surface area contributed by atoms with Gasteiger partial charge in [0.2, 0.25) is 10.0 Å². The Bertz CT molecular complexity index is 980. The van der Waals surface area contributed by atoms with E-state index >= 15 is 0 Å². The van der Waals surface area contributed by atoms with E-state index in [1.165, 1.54) is 23.1 Å². The molecule has 0 radical (unpaired) electrons. The van der Waals surface area contributed by atoms with Crippen molar-refractivity contribution in [3.05, 3.63) is 59.2 Å². The van der Waals surface area contributed by atoms with E-state index in [1.807, 2.05) is 24.3 Å². The highest BCUT2D eigenvalue weighted by atomic mass is 32.2. The molecule has 0 unspecified atom stereocenters. The maximum absolute atomic E-state index is 12.4. The summed E-state index contributed by atoms with van der Waals surface area (Å²) in [6.07, 6.45) is 0. The summed E-state index contributed by atoms with van der Waals surface area (Å²) in [6, 6.07) is 11.7. The highest BCUT2D eigenvalue weighted by Crippen LogP contribution is 2.33. The maximum atomic E-state index is 12.4. The Morgan fingerprint density at radius 3 is 2.40 bits per heavy atom. The first-order valence-corrected chi connectivity index (χ1v) is 9.35. The van der Waals surface area contributed by atoms with E-state index < -0.39 is 21.7 Å². The van der Waals surface area contributed by atoms with Crippen LogP contribution in [0.2, 0.25) is 0 Å². The zero-order valence-electron chi connectivity index (χ0n) is 13.9. The van der Waals surface area contributed by atoms with Crippen molar-refractivity contribution < 1.29 is 18.0 Å². The third-order valence-corrected chi connectivity index (χ3v) is 5.19. The van der Waals surface area contributed by atoms with Gasteiger partial charge in [-0.15, -0.1) is 0 Å². The van der Waals surface area contributed by atoms with Crippen LogP contribution in [0, 0.1) is 0 Å². The molecule has 1 amide bonds. The molecule has 0 saturated carbocycles. The minimum Gasteiger partial charge on any atom is -0.300 e. The predicted molar refractivity (Wildman–Crippen MR) is 93.9 cm³/mol. The van der Waals surface area contributed by atoms with Gasteiger partial charge in [-0.05, 0) is 35.2 Å². The van der Waals surface area contributed by atoms with E-state index in [0.717, 1.165) is 11.1 Å². The Morgan fingerprint density at radius 1 is 1.08 bits per heavy atom. The van der Waals surface area contributed by atoms with Gasteiger partial charge in [0.05, 0.1) is 22.7 Å². The molecule has 1 aliphatic heterocycles. The summed E-state index contributed by atoms with van der Waals surface area (Å²) >= 11 is 0. The Morgan fingerprint density at radius 2 is 1.76 bits per heavy atom. The van der Waals surface area contributed by atoms with Crippen LogP contribution in [-0.2, 0) is 21.4 Å². The second kappa shape index (κ2) is 6.09. The van der Waals surface area contributed by atoms with E-state index in [-0.39, 0.29) is 22.9 Å². The maximum Gasteiger partial charge on any atom is 0.299 e. The minimum atomic E-state index is -3.94. The summed E-state index contributed by atoms with van der Waals surface area (Å²) in [4.78, 5) is 25.9. The summed E-state index contributed by atoms with van der Waals surface area (Å²) in [5, 5.41) is 5.10. The summed E-state index contributed by atoms with van der Waals surface area (Å²) in [7, 11) is -3.94. The number of Topliss-reactive ketones (excluding diaryl/α,β-unsaturated/α-hetero) is 1. The molecule has 0 aromatic heterocycles. The third kappa shape index (κ3) is 3.08. The molecule has 0 atom stereocenters. The van der Waals surface area contributed by atoms with Gasteiger partial charge in [-0.25, -0.2) is 13.6 Å². The van der Waals surface area contributed by atoms with Gasteiger partial charge < -0.3 is 4.90 Å². The van der Waals surface area contributed by atoms with E-state index in [0.29, 0.717) is 5.69 Å². The molecule has 2 aromatic carbocycles. The number of fused-ring (bicyclic) bond motifs is 1. The predicted octanol–water partition coefficient (Wildman–Crippen LogP) is 2.19. The van der Waals surface area contributed by atoms with Crippen molar-refractivity contribution in [3.8, 4) is 0 Å². The highest BCUT2D eigenvalue weighted by Gasteiger charge is 2.36. The normalized spacial score (nSPS) is 14.3. The zero-order valence-corrected chi connectivity index (χ0v) is 14.7. The van der Waals surface area contributed by atoms with Crippen molar-refractivity contribution in [1.29, 1.82) is 0 Å². The van der Waals surface area contributed by atoms with Crippen LogP contribution >= 0.6 is 0 Å². The average Bonchev–Trinajstić information content (AvgIpc) is 2.79. The number of rotatable bonds is 4. The van der Waals surface area contributed by atoms with Crippen LogP contribution < -0.4 is 10.0 Å². The second-order valence-corrected chi connectivity index (χ2v) is 7.86. The summed E-state index contributed by atoms with van der Waals surface area (Å²) in [5.41, 5.74) is 2.51. The van der Waals surface area contributed by atoms with Gasteiger partial charge in [0.15, 0.2) is 0 Å². The number of nitrogens with two attached hydrogens (primary N) is 1. The molecule has 0 fully saturated rings.